The summed E-state index contributed by atoms with van der Waals surface area (Å²) in [4.78, 5) is 33.1. The lowest BCUT2D eigenvalue weighted by molar-refractivity contribution is -0.126. The molecular weight excluding hydrogens is 469 g/mol. The molecule has 1 N–H and O–H groups in total. The molecule has 0 unspecified atom stereocenters. The molecule has 1 fully saturated rings. The molecule has 0 saturated carbocycles. The number of benzene rings is 2. The van der Waals surface area contributed by atoms with Crippen LogP contribution in [0.5, 0.6) is 0 Å². The Morgan fingerprint density at radius 1 is 1.15 bits per heavy atom. The zero-order valence-corrected chi connectivity index (χ0v) is 20.8. The summed E-state index contributed by atoms with van der Waals surface area (Å²) in [5, 5.41) is 6.02. The van der Waals surface area contributed by atoms with E-state index in [0.29, 0.717) is 50.0 Å². The van der Waals surface area contributed by atoms with Crippen molar-refractivity contribution < 1.29 is 14.0 Å². The van der Waals surface area contributed by atoms with Gasteiger partial charge in [-0.1, -0.05) is 30.3 Å². The molecule has 34 heavy (non-hydrogen) atoms. The number of nitrogens with one attached hydrogen (secondary N) is 1. The first-order valence-electron chi connectivity index (χ1n) is 11.4. The van der Waals surface area contributed by atoms with Gasteiger partial charge in [-0.3, -0.25) is 9.59 Å². The molecule has 0 radical (unpaired) electrons. The molecule has 2 heterocycles. The van der Waals surface area contributed by atoms with Gasteiger partial charge in [-0.05, 0) is 49.9 Å². The minimum Gasteiger partial charge on any atom is -0.356 e. The van der Waals surface area contributed by atoms with E-state index >= 15 is 0 Å². The van der Waals surface area contributed by atoms with Gasteiger partial charge >= 0.3 is 0 Å². The van der Waals surface area contributed by atoms with Crippen molar-refractivity contribution in [3.05, 3.63) is 81.6 Å². The fraction of sp³-hybridized carbons (Fsp3) is 0.346. The lowest BCUT2D eigenvalue weighted by Crippen LogP contribution is -2.43. The molecule has 2 amide bonds. The second-order valence-corrected chi connectivity index (χ2v) is 10.4. The zero-order chi connectivity index (χ0) is 23.9. The number of thiazole rings is 1. The highest BCUT2D eigenvalue weighted by molar-refractivity contribution is 7.98. The molecule has 1 aliphatic heterocycles. The van der Waals surface area contributed by atoms with Crippen molar-refractivity contribution in [2.24, 2.45) is 5.92 Å². The van der Waals surface area contributed by atoms with Crippen LogP contribution in [0.15, 0.2) is 58.8 Å². The Morgan fingerprint density at radius 2 is 1.88 bits per heavy atom. The number of carbonyl (C=O) groups excluding carboxylic acids is 2. The van der Waals surface area contributed by atoms with E-state index in [4.69, 9.17) is 0 Å². The molecule has 0 bridgehead atoms. The van der Waals surface area contributed by atoms with Crippen LogP contribution >= 0.6 is 23.1 Å². The number of amides is 2. The van der Waals surface area contributed by atoms with Gasteiger partial charge in [0.25, 0.3) is 5.91 Å². The van der Waals surface area contributed by atoms with E-state index in [9.17, 15) is 14.0 Å². The van der Waals surface area contributed by atoms with Crippen LogP contribution in [0.25, 0.3) is 0 Å². The second kappa shape index (κ2) is 11.6. The van der Waals surface area contributed by atoms with Gasteiger partial charge in [0.15, 0.2) is 0 Å². The standard InChI is InChI=1S/C26H28FN3O2S2/c1-18-29-21(16-33-18)17-34-24-9-5-3-7-22(24)26(32)30-14-11-20(12-15-30)25(31)28-13-10-19-6-2-4-8-23(19)27/h2-9,16,20H,10-15,17H2,1H3,(H,28,31). The fourth-order valence-electron chi connectivity index (χ4n) is 4.08. The Balaban J connectivity index is 1.27. The van der Waals surface area contributed by atoms with Gasteiger partial charge < -0.3 is 10.2 Å². The minimum absolute atomic E-state index is 0.0102. The van der Waals surface area contributed by atoms with Crippen LogP contribution in [0, 0.1) is 18.7 Å². The van der Waals surface area contributed by atoms with Crippen molar-refractivity contribution >= 4 is 34.9 Å². The Bertz CT molecular complexity index is 1140. The molecule has 1 saturated heterocycles. The normalized spacial score (nSPS) is 14.2. The highest BCUT2D eigenvalue weighted by Gasteiger charge is 2.28. The molecule has 2 aromatic carbocycles. The first-order valence-corrected chi connectivity index (χ1v) is 13.3. The van der Waals surface area contributed by atoms with Gasteiger partial charge in [0.2, 0.25) is 5.91 Å². The minimum atomic E-state index is -0.247. The van der Waals surface area contributed by atoms with E-state index in [1.165, 1.54) is 6.07 Å². The summed E-state index contributed by atoms with van der Waals surface area (Å²) in [7, 11) is 0. The maximum atomic E-state index is 13.7. The quantitative estimate of drug-likeness (QED) is 0.440. The smallest absolute Gasteiger partial charge is 0.254 e. The van der Waals surface area contributed by atoms with Crippen LogP contribution in [-0.4, -0.2) is 41.3 Å². The number of piperidine rings is 1. The van der Waals surface area contributed by atoms with Crippen LogP contribution in [0.2, 0.25) is 0 Å². The summed E-state index contributed by atoms with van der Waals surface area (Å²) in [6.07, 6.45) is 1.72. The van der Waals surface area contributed by atoms with Gasteiger partial charge in [-0.25, -0.2) is 9.37 Å². The summed E-state index contributed by atoms with van der Waals surface area (Å²) in [6, 6.07) is 14.3. The van der Waals surface area contributed by atoms with Crippen molar-refractivity contribution in [2.75, 3.05) is 19.6 Å². The summed E-state index contributed by atoms with van der Waals surface area (Å²) in [5.74, 6) is 0.351. The van der Waals surface area contributed by atoms with Gasteiger partial charge in [0.05, 0.1) is 16.3 Å². The molecule has 1 aromatic heterocycles. The van der Waals surface area contributed by atoms with E-state index in [1.807, 2.05) is 36.1 Å². The van der Waals surface area contributed by atoms with Gasteiger partial charge in [-0.2, -0.15) is 0 Å². The lowest BCUT2D eigenvalue weighted by atomic mass is 9.95. The SMILES string of the molecule is Cc1nc(CSc2ccccc2C(=O)N2CCC(C(=O)NCCc3ccccc3F)CC2)cs1. The number of carbonyl (C=O) groups is 2. The summed E-state index contributed by atoms with van der Waals surface area (Å²) >= 11 is 3.26. The van der Waals surface area contributed by atoms with Crippen molar-refractivity contribution in [1.29, 1.82) is 0 Å². The average molecular weight is 498 g/mol. The van der Waals surface area contributed by atoms with Crippen molar-refractivity contribution in [3.8, 4) is 0 Å². The second-order valence-electron chi connectivity index (χ2n) is 8.34. The summed E-state index contributed by atoms with van der Waals surface area (Å²) < 4.78 is 13.7. The topological polar surface area (TPSA) is 62.3 Å². The molecule has 8 heteroatoms. The number of likely N-dealkylation sites (tertiary alicyclic amines) is 1. The highest BCUT2D eigenvalue weighted by atomic mass is 32.2. The molecular formula is C26H28FN3O2S2. The molecule has 0 spiro atoms. The van der Waals surface area contributed by atoms with E-state index in [0.717, 1.165) is 21.3 Å². The molecule has 1 aliphatic rings. The third kappa shape index (κ3) is 6.24. The number of thioether (sulfide) groups is 1. The van der Waals surface area contributed by atoms with Crippen LogP contribution in [0.1, 0.15) is 39.5 Å². The Labute approximate surface area is 207 Å². The van der Waals surface area contributed by atoms with Crippen LogP contribution in [-0.2, 0) is 17.0 Å². The zero-order valence-electron chi connectivity index (χ0n) is 19.1. The Morgan fingerprint density at radius 3 is 2.62 bits per heavy atom. The Hall–Kier alpha value is -2.71. The average Bonchev–Trinajstić information content (AvgIpc) is 3.28. The predicted octanol–water partition coefficient (Wildman–Crippen LogP) is 5.09. The van der Waals surface area contributed by atoms with E-state index in [2.05, 4.69) is 15.7 Å². The number of aryl methyl sites for hydroxylation is 1. The molecule has 5 nitrogen and oxygen atoms in total. The van der Waals surface area contributed by atoms with E-state index in [1.54, 1.807) is 41.3 Å². The Kier molecular flexibility index (Phi) is 8.34. The van der Waals surface area contributed by atoms with Crippen molar-refractivity contribution in [3.63, 3.8) is 0 Å². The van der Waals surface area contributed by atoms with Crippen LogP contribution in [0.4, 0.5) is 4.39 Å². The van der Waals surface area contributed by atoms with Gasteiger partial charge in [0, 0.05) is 41.6 Å². The predicted molar refractivity (Wildman–Crippen MR) is 135 cm³/mol. The molecule has 178 valence electrons. The first-order chi connectivity index (χ1) is 16.5. The first kappa shape index (κ1) is 24.4. The monoisotopic (exact) mass is 497 g/mol. The molecule has 4 rings (SSSR count). The number of rotatable bonds is 8. The number of aromatic nitrogens is 1. The maximum Gasteiger partial charge on any atom is 0.254 e. The molecule has 0 atom stereocenters. The fourth-order valence-corrected chi connectivity index (χ4v) is 5.73. The third-order valence-electron chi connectivity index (χ3n) is 5.96. The lowest BCUT2D eigenvalue weighted by Gasteiger charge is -2.31. The molecule has 0 aliphatic carbocycles. The maximum absolute atomic E-state index is 13.7. The summed E-state index contributed by atoms with van der Waals surface area (Å²) in [5.41, 5.74) is 2.33. The van der Waals surface area contributed by atoms with E-state index < -0.39 is 0 Å². The van der Waals surface area contributed by atoms with Gasteiger partial charge in [0.1, 0.15) is 5.82 Å². The largest absolute Gasteiger partial charge is 0.356 e. The van der Waals surface area contributed by atoms with Crippen molar-refractivity contribution in [1.82, 2.24) is 15.2 Å². The molecule has 3 aromatic rings. The van der Waals surface area contributed by atoms with Crippen molar-refractivity contribution in [2.45, 2.75) is 36.8 Å². The third-order valence-corrected chi connectivity index (χ3v) is 7.89. The number of hydrogen-bond acceptors (Lipinski definition) is 5. The number of halogens is 1. The van der Waals surface area contributed by atoms with E-state index in [-0.39, 0.29) is 23.5 Å². The number of nitrogens with zero attached hydrogens (tertiary/aromatic N) is 2. The number of hydrogen-bond donors (Lipinski definition) is 1. The van der Waals surface area contributed by atoms with Gasteiger partial charge in [-0.15, -0.1) is 23.1 Å². The summed E-state index contributed by atoms with van der Waals surface area (Å²) in [6.45, 7) is 3.49. The highest BCUT2D eigenvalue weighted by Crippen LogP contribution is 2.29. The van der Waals surface area contributed by atoms with Crippen LogP contribution < -0.4 is 5.32 Å². The van der Waals surface area contributed by atoms with Crippen LogP contribution in [0.3, 0.4) is 0 Å².